The molecule has 2 aromatic rings. The lowest BCUT2D eigenvalue weighted by atomic mass is 9.99. The summed E-state index contributed by atoms with van der Waals surface area (Å²) in [5.74, 6) is 5.10. The van der Waals surface area contributed by atoms with Crippen molar-refractivity contribution in [2.75, 3.05) is 47.4 Å². The van der Waals surface area contributed by atoms with Crippen LogP contribution in [0.3, 0.4) is 0 Å². The monoisotopic (exact) mass is 508 g/mol. The van der Waals surface area contributed by atoms with E-state index in [1.165, 1.54) is 0 Å². The molecule has 0 radical (unpaired) electrons. The summed E-state index contributed by atoms with van der Waals surface area (Å²) in [6, 6.07) is 8.20. The maximum atomic E-state index is 13.5. The molecule has 0 saturated carbocycles. The zero-order valence-electron chi connectivity index (χ0n) is 22.1. The molecule has 1 aromatic heterocycles. The third kappa shape index (κ3) is 7.52. The lowest BCUT2D eigenvalue weighted by Crippen LogP contribution is -2.49. The summed E-state index contributed by atoms with van der Waals surface area (Å²) in [4.78, 5) is 35.0. The van der Waals surface area contributed by atoms with Gasteiger partial charge in [-0.05, 0) is 51.8 Å². The van der Waals surface area contributed by atoms with Crippen molar-refractivity contribution in [1.82, 2.24) is 19.7 Å². The molecule has 2 N–H and O–H groups in total. The van der Waals surface area contributed by atoms with Crippen molar-refractivity contribution in [2.45, 2.75) is 32.5 Å². The molecular weight excluding hydrogens is 472 g/mol. The Bertz CT molecular complexity index is 1170. The number of carbonyl (C=O) groups is 2. The molecule has 1 aliphatic heterocycles. The van der Waals surface area contributed by atoms with Gasteiger partial charge in [0.1, 0.15) is 11.7 Å². The number of aliphatic hydroxyl groups excluding tert-OH is 1. The van der Waals surface area contributed by atoms with Crippen LogP contribution in [0.15, 0.2) is 36.5 Å². The van der Waals surface area contributed by atoms with E-state index in [1.807, 2.05) is 46.0 Å². The summed E-state index contributed by atoms with van der Waals surface area (Å²) in [5.41, 5.74) is 2.07. The van der Waals surface area contributed by atoms with E-state index in [4.69, 9.17) is 4.74 Å². The number of rotatable bonds is 8. The lowest BCUT2D eigenvalue weighted by molar-refractivity contribution is 0.0324. The van der Waals surface area contributed by atoms with Crippen molar-refractivity contribution in [1.29, 1.82) is 0 Å². The largest absolute Gasteiger partial charge is 0.478 e. The van der Waals surface area contributed by atoms with E-state index in [9.17, 15) is 19.8 Å². The molecule has 9 heteroatoms. The Morgan fingerprint density at radius 3 is 2.73 bits per heavy atom. The number of hydrogen-bond acceptors (Lipinski definition) is 7. The van der Waals surface area contributed by atoms with Gasteiger partial charge in [-0.1, -0.05) is 30.9 Å². The van der Waals surface area contributed by atoms with Crippen molar-refractivity contribution in [3.63, 3.8) is 0 Å². The molecule has 0 aliphatic carbocycles. The molecule has 37 heavy (non-hydrogen) atoms. The fourth-order valence-electron chi connectivity index (χ4n) is 4.17. The number of fused-ring (bicyclic) bond motifs is 1. The molecule has 0 saturated heterocycles. The van der Waals surface area contributed by atoms with Gasteiger partial charge in [0.15, 0.2) is 0 Å². The molecule has 1 amide bonds. The van der Waals surface area contributed by atoms with Gasteiger partial charge in [0.25, 0.3) is 5.91 Å². The van der Waals surface area contributed by atoms with E-state index in [0.717, 1.165) is 5.56 Å². The first kappa shape index (κ1) is 28.1. The summed E-state index contributed by atoms with van der Waals surface area (Å²) in [6.45, 7) is 5.72. The zero-order chi connectivity index (χ0) is 27.1. The third-order valence-corrected chi connectivity index (χ3v) is 6.27. The quantitative estimate of drug-likeness (QED) is 0.522. The minimum absolute atomic E-state index is 0.0553. The normalized spacial score (nSPS) is 18.4. The number of carbonyl (C=O) groups excluding carboxylic acids is 1. The Labute approximate surface area is 218 Å². The molecule has 1 aromatic carbocycles. The molecular formula is C28H36N4O5. The van der Waals surface area contributed by atoms with Crippen molar-refractivity contribution in [3.8, 4) is 17.7 Å². The Hall–Kier alpha value is -3.45. The highest BCUT2D eigenvalue weighted by molar-refractivity contribution is 5.97. The predicted octanol–water partition coefficient (Wildman–Crippen LogP) is 2.04. The topological polar surface area (TPSA) is 106 Å². The van der Waals surface area contributed by atoms with E-state index < -0.39 is 5.97 Å². The fraction of sp³-hybridized carbons (Fsp3) is 0.464. The van der Waals surface area contributed by atoms with Crippen molar-refractivity contribution >= 4 is 11.9 Å². The predicted molar refractivity (Wildman–Crippen MR) is 141 cm³/mol. The van der Waals surface area contributed by atoms with Crippen LogP contribution < -0.4 is 4.74 Å². The number of likely N-dealkylation sites (N-methyl/N-ethyl adjacent to an activating group) is 1. The Morgan fingerprint density at radius 2 is 2.05 bits per heavy atom. The SMILES string of the molecule is C[C@@H]1CN([C@@H](C)CO)C(=O)c2cc(C#CCN(C)C)cnc2O[C@H]1CN(C)Cc1cccc(C(=O)O)c1. The number of aromatic carboxylic acids is 1. The molecule has 198 valence electrons. The second-order valence-electron chi connectivity index (χ2n) is 9.94. The zero-order valence-corrected chi connectivity index (χ0v) is 22.1. The number of aromatic nitrogens is 1. The van der Waals surface area contributed by atoms with Crippen molar-refractivity contribution in [2.24, 2.45) is 5.92 Å². The third-order valence-electron chi connectivity index (χ3n) is 6.27. The van der Waals surface area contributed by atoms with Crippen LogP contribution in [0, 0.1) is 17.8 Å². The van der Waals surface area contributed by atoms with Crippen molar-refractivity contribution in [3.05, 3.63) is 58.8 Å². The molecule has 0 spiro atoms. The first-order valence-corrected chi connectivity index (χ1v) is 12.3. The molecule has 0 bridgehead atoms. The highest BCUT2D eigenvalue weighted by Gasteiger charge is 2.34. The van der Waals surface area contributed by atoms with E-state index in [0.29, 0.717) is 37.3 Å². The summed E-state index contributed by atoms with van der Waals surface area (Å²) < 4.78 is 6.34. The van der Waals surface area contributed by atoms with Gasteiger partial charge in [0, 0.05) is 37.3 Å². The van der Waals surface area contributed by atoms with E-state index in [2.05, 4.69) is 21.7 Å². The molecule has 0 fully saturated rings. The van der Waals surface area contributed by atoms with Crippen LogP contribution >= 0.6 is 0 Å². The average molecular weight is 509 g/mol. The van der Waals surface area contributed by atoms with Gasteiger partial charge < -0.3 is 19.8 Å². The second-order valence-corrected chi connectivity index (χ2v) is 9.94. The standard InChI is InChI=1S/C28H36N4O5/c1-19-15-32(20(2)18-33)27(34)24-13-21(9-7-11-30(3)4)14-29-26(24)37-25(19)17-31(5)16-22-8-6-10-23(12-22)28(35)36/h6,8,10,12-14,19-20,25,33H,11,15-18H2,1-5H3,(H,35,36)/t19-,20+,25+/m1/s1. The number of aliphatic hydroxyl groups is 1. The maximum absolute atomic E-state index is 13.5. The number of ether oxygens (including phenoxy) is 1. The molecule has 1 aliphatic rings. The van der Waals surface area contributed by atoms with E-state index in [-0.39, 0.29) is 42.0 Å². The summed E-state index contributed by atoms with van der Waals surface area (Å²) in [7, 11) is 5.81. The van der Waals surface area contributed by atoms with Crippen molar-refractivity contribution < 1.29 is 24.5 Å². The average Bonchev–Trinajstić information content (AvgIpc) is 2.85. The molecule has 3 rings (SSSR count). The first-order valence-electron chi connectivity index (χ1n) is 12.3. The highest BCUT2D eigenvalue weighted by Crippen LogP contribution is 2.27. The van der Waals surface area contributed by atoms with Gasteiger partial charge in [-0.25, -0.2) is 9.78 Å². The summed E-state index contributed by atoms with van der Waals surface area (Å²) in [6.07, 6.45) is 1.31. The number of nitrogens with zero attached hydrogens (tertiary/aromatic N) is 4. The van der Waals surface area contributed by atoms with Gasteiger partial charge in [-0.3, -0.25) is 14.6 Å². The van der Waals surface area contributed by atoms with Gasteiger partial charge in [0.2, 0.25) is 5.88 Å². The van der Waals surface area contributed by atoms with Crippen LogP contribution in [0.1, 0.15) is 45.7 Å². The number of pyridine rings is 1. The van der Waals surface area contributed by atoms with Crippen LogP contribution in [-0.4, -0.2) is 101 Å². The number of amides is 1. The lowest BCUT2D eigenvalue weighted by Gasteiger charge is -2.37. The summed E-state index contributed by atoms with van der Waals surface area (Å²) in [5, 5.41) is 19.1. The van der Waals surface area contributed by atoms with Crippen LogP contribution in [0.25, 0.3) is 0 Å². The van der Waals surface area contributed by atoms with E-state index in [1.54, 1.807) is 35.4 Å². The van der Waals surface area contributed by atoms with Gasteiger partial charge >= 0.3 is 5.97 Å². The van der Waals surface area contributed by atoms with Crippen LogP contribution in [0.2, 0.25) is 0 Å². The number of carboxylic acid groups (broad SMARTS) is 1. The molecule has 3 atom stereocenters. The Kier molecular flexibility index (Phi) is 9.64. The number of benzene rings is 1. The minimum atomic E-state index is -0.960. The van der Waals surface area contributed by atoms with Crippen LogP contribution in [-0.2, 0) is 6.54 Å². The maximum Gasteiger partial charge on any atom is 0.335 e. The van der Waals surface area contributed by atoms with Crippen LogP contribution in [0.4, 0.5) is 0 Å². The molecule has 2 heterocycles. The van der Waals surface area contributed by atoms with Gasteiger partial charge in [0.05, 0.1) is 24.8 Å². The Balaban J connectivity index is 1.88. The van der Waals surface area contributed by atoms with Gasteiger partial charge in [-0.2, -0.15) is 0 Å². The highest BCUT2D eigenvalue weighted by atomic mass is 16.5. The molecule has 0 unspecified atom stereocenters. The van der Waals surface area contributed by atoms with Crippen LogP contribution in [0.5, 0.6) is 5.88 Å². The molecule has 9 nitrogen and oxygen atoms in total. The number of hydrogen-bond donors (Lipinski definition) is 2. The smallest absolute Gasteiger partial charge is 0.335 e. The fourth-order valence-corrected chi connectivity index (χ4v) is 4.17. The Morgan fingerprint density at radius 1 is 1.30 bits per heavy atom. The minimum Gasteiger partial charge on any atom is -0.478 e. The van der Waals surface area contributed by atoms with Gasteiger partial charge in [-0.15, -0.1) is 0 Å². The first-order chi connectivity index (χ1) is 17.6. The van der Waals surface area contributed by atoms with E-state index >= 15 is 0 Å². The summed E-state index contributed by atoms with van der Waals surface area (Å²) >= 11 is 0. The second kappa shape index (κ2) is 12.7. The number of carboxylic acids is 1.